The highest BCUT2D eigenvalue weighted by molar-refractivity contribution is 5.25. The summed E-state index contributed by atoms with van der Waals surface area (Å²) in [5, 5.41) is 21.2. The largest absolute Gasteiger partial charge is 0.393 e. The zero-order valence-corrected chi connectivity index (χ0v) is 20.9. The summed E-state index contributed by atoms with van der Waals surface area (Å²) in [6.07, 6.45) is 16.0. The normalized spacial score (nSPS) is 45.2. The van der Waals surface area contributed by atoms with Gasteiger partial charge in [0.15, 0.2) is 0 Å². The van der Waals surface area contributed by atoms with Gasteiger partial charge in [0.05, 0.1) is 11.7 Å². The molecule has 0 unspecified atom stereocenters. The molecule has 3 fully saturated rings. The second-order valence-corrected chi connectivity index (χ2v) is 12.8. The van der Waals surface area contributed by atoms with Gasteiger partial charge in [-0.2, -0.15) is 0 Å². The number of fused-ring (bicyclic) bond motifs is 5. The number of aliphatic hydroxyl groups excluding tert-OH is 1. The highest BCUT2D eigenvalue weighted by Gasteiger charge is 2.59. The summed E-state index contributed by atoms with van der Waals surface area (Å²) in [4.78, 5) is 0. The van der Waals surface area contributed by atoms with Crippen molar-refractivity contribution in [2.24, 2.45) is 46.3 Å². The maximum Gasteiger partial charge on any atom is 0.0847 e. The third-order valence-electron chi connectivity index (χ3n) is 11.2. The van der Waals surface area contributed by atoms with Gasteiger partial charge in [0.1, 0.15) is 0 Å². The van der Waals surface area contributed by atoms with Crippen LogP contribution in [-0.2, 0) is 0 Å². The van der Waals surface area contributed by atoms with Crippen LogP contribution in [0, 0.1) is 46.3 Å². The maximum atomic E-state index is 11.0. The minimum atomic E-state index is -0.727. The van der Waals surface area contributed by atoms with Crippen molar-refractivity contribution in [3.8, 4) is 0 Å². The Morgan fingerprint density at radius 2 is 1.87 bits per heavy atom. The number of allylic oxidation sites excluding steroid dienone is 1. The molecule has 0 bridgehead atoms. The van der Waals surface area contributed by atoms with Crippen molar-refractivity contribution >= 4 is 0 Å². The summed E-state index contributed by atoms with van der Waals surface area (Å²) in [7, 11) is 0. The van der Waals surface area contributed by atoms with Gasteiger partial charge in [-0.3, -0.25) is 0 Å². The van der Waals surface area contributed by atoms with Crippen molar-refractivity contribution in [2.75, 3.05) is 0 Å². The fourth-order valence-electron chi connectivity index (χ4n) is 8.90. The average molecular weight is 429 g/mol. The van der Waals surface area contributed by atoms with E-state index < -0.39 is 5.60 Å². The molecule has 0 aromatic carbocycles. The molecule has 0 aliphatic heterocycles. The monoisotopic (exact) mass is 428 g/mol. The van der Waals surface area contributed by atoms with Crippen LogP contribution in [-0.4, -0.2) is 21.9 Å². The summed E-state index contributed by atoms with van der Waals surface area (Å²) < 4.78 is 0. The summed E-state index contributed by atoms with van der Waals surface area (Å²) >= 11 is 0. The Bertz CT molecular complexity index is 710. The number of hydrogen-bond acceptors (Lipinski definition) is 2. The lowest BCUT2D eigenvalue weighted by molar-refractivity contribution is -0.0590. The molecular weight excluding hydrogens is 380 g/mol. The second kappa shape index (κ2) is 8.32. The molecule has 2 N–H and O–H groups in total. The van der Waals surface area contributed by atoms with Gasteiger partial charge >= 0.3 is 0 Å². The third-order valence-corrected chi connectivity index (χ3v) is 11.2. The van der Waals surface area contributed by atoms with Gasteiger partial charge in [0.25, 0.3) is 0 Å². The van der Waals surface area contributed by atoms with Crippen LogP contribution in [0.3, 0.4) is 0 Å². The van der Waals surface area contributed by atoms with Crippen molar-refractivity contribution in [1.82, 2.24) is 0 Å². The molecule has 3 saturated carbocycles. The van der Waals surface area contributed by atoms with Crippen molar-refractivity contribution in [1.29, 1.82) is 0 Å². The lowest BCUT2D eigenvalue weighted by Crippen LogP contribution is -2.50. The minimum Gasteiger partial charge on any atom is -0.393 e. The fraction of sp³-hybridized carbons (Fsp3) is 0.862. The van der Waals surface area contributed by atoms with Crippen LogP contribution in [0.1, 0.15) is 98.8 Å². The molecule has 2 nitrogen and oxygen atoms in total. The number of aliphatic hydroxyl groups is 2. The first-order valence-electron chi connectivity index (χ1n) is 13.3. The Labute approximate surface area is 191 Å². The van der Waals surface area contributed by atoms with E-state index >= 15 is 0 Å². The van der Waals surface area contributed by atoms with Crippen LogP contribution < -0.4 is 0 Å². The predicted octanol–water partition coefficient (Wildman–Crippen LogP) is 6.92. The van der Waals surface area contributed by atoms with E-state index in [0.29, 0.717) is 16.7 Å². The van der Waals surface area contributed by atoms with Gasteiger partial charge in [-0.25, -0.2) is 0 Å². The lowest BCUT2D eigenvalue weighted by atomic mass is 9.47. The lowest BCUT2D eigenvalue weighted by Gasteiger charge is -2.58. The van der Waals surface area contributed by atoms with Gasteiger partial charge in [0, 0.05) is 0 Å². The van der Waals surface area contributed by atoms with Gasteiger partial charge in [0.2, 0.25) is 0 Å². The van der Waals surface area contributed by atoms with E-state index in [2.05, 4.69) is 47.3 Å². The molecule has 0 heterocycles. The molecule has 0 aromatic heterocycles. The Morgan fingerprint density at radius 1 is 1.13 bits per heavy atom. The van der Waals surface area contributed by atoms with E-state index in [9.17, 15) is 10.2 Å². The Hall–Kier alpha value is -0.600. The van der Waals surface area contributed by atoms with E-state index in [4.69, 9.17) is 0 Å². The van der Waals surface area contributed by atoms with Crippen molar-refractivity contribution < 1.29 is 10.2 Å². The zero-order chi connectivity index (χ0) is 22.6. The summed E-state index contributed by atoms with van der Waals surface area (Å²) in [6.45, 7) is 15.7. The van der Waals surface area contributed by atoms with Crippen LogP contribution in [0.4, 0.5) is 0 Å². The third kappa shape index (κ3) is 3.78. The molecule has 0 radical (unpaired) electrons. The van der Waals surface area contributed by atoms with Gasteiger partial charge in [-0.15, -0.1) is 6.58 Å². The Morgan fingerprint density at radius 3 is 2.55 bits per heavy atom. The molecule has 4 aliphatic carbocycles. The van der Waals surface area contributed by atoms with E-state index in [-0.39, 0.29) is 12.0 Å². The van der Waals surface area contributed by atoms with Gasteiger partial charge < -0.3 is 10.2 Å². The van der Waals surface area contributed by atoms with Crippen LogP contribution in [0.15, 0.2) is 24.3 Å². The van der Waals surface area contributed by atoms with Crippen LogP contribution in [0.2, 0.25) is 0 Å². The molecule has 176 valence electrons. The summed E-state index contributed by atoms with van der Waals surface area (Å²) in [6, 6.07) is 0. The minimum absolute atomic E-state index is 0.110. The van der Waals surface area contributed by atoms with Gasteiger partial charge in [-0.1, -0.05) is 52.3 Å². The zero-order valence-electron chi connectivity index (χ0n) is 20.9. The quantitative estimate of drug-likeness (QED) is 0.451. The molecular formula is C29H48O2. The molecule has 0 spiro atoms. The first-order chi connectivity index (χ1) is 14.5. The van der Waals surface area contributed by atoms with E-state index in [1.807, 2.05) is 0 Å². The molecule has 31 heavy (non-hydrogen) atoms. The van der Waals surface area contributed by atoms with Crippen molar-refractivity contribution in [3.63, 3.8) is 0 Å². The Balaban J connectivity index is 1.49. The fourth-order valence-corrected chi connectivity index (χ4v) is 8.90. The molecule has 4 rings (SSSR count). The van der Waals surface area contributed by atoms with Crippen molar-refractivity contribution in [3.05, 3.63) is 24.3 Å². The first kappa shape index (κ1) is 23.6. The molecule has 0 saturated heterocycles. The Kier molecular flexibility index (Phi) is 6.32. The van der Waals surface area contributed by atoms with Crippen LogP contribution >= 0.6 is 0 Å². The SMILES string of the molecule is C=C[C@](O)(CC[C@@H](C)[C@H]1CC[C@@H]2[C@@H]3CC=C4C[C@@H](O)CC[C@]4(C)[C@H]3CC[C@@]21C)C(C)C. The van der Waals surface area contributed by atoms with E-state index in [1.165, 1.54) is 38.5 Å². The maximum absolute atomic E-state index is 11.0. The molecule has 0 amide bonds. The summed E-state index contributed by atoms with van der Waals surface area (Å²) in [5.74, 6) is 4.17. The standard InChI is InChI=1S/C29H48O2/c1-7-29(31,19(2)3)17-12-20(4)24-10-11-25-23-9-8-21-18-22(30)13-15-27(21,5)26(23)14-16-28(24,25)6/h7-8,19-20,22-26,30-31H,1,9-18H2,2-6H3/t20-,22+,23+,24-,25-,26+,27+,28-,29+/m1/s1. The highest BCUT2D eigenvalue weighted by Crippen LogP contribution is 2.67. The smallest absolute Gasteiger partial charge is 0.0847 e. The van der Waals surface area contributed by atoms with Crippen LogP contribution in [0.5, 0.6) is 0 Å². The number of hydrogen-bond donors (Lipinski definition) is 2. The van der Waals surface area contributed by atoms with E-state index in [1.54, 1.807) is 11.6 Å². The highest BCUT2D eigenvalue weighted by atomic mass is 16.3. The molecule has 9 atom stereocenters. The molecule has 2 heteroatoms. The molecule has 4 aliphatic rings. The van der Waals surface area contributed by atoms with Gasteiger partial charge in [-0.05, 0) is 111 Å². The van der Waals surface area contributed by atoms with Crippen LogP contribution in [0.25, 0.3) is 0 Å². The summed E-state index contributed by atoms with van der Waals surface area (Å²) in [5.41, 5.74) is 1.65. The second-order valence-electron chi connectivity index (χ2n) is 12.8. The van der Waals surface area contributed by atoms with E-state index in [0.717, 1.165) is 49.4 Å². The molecule has 0 aromatic rings. The van der Waals surface area contributed by atoms with Crippen molar-refractivity contribution in [2.45, 2.75) is 111 Å². The first-order valence-corrected chi connectivity index (χ1v) is 13.3. The topological polar surface area (TPSA) is 40.5 Å². The number of rotatable bonds is 6. The predicted molar refractivity (Wildman–Crippen MR) is 130 cm³/mol. The average Bonchev–Trinajstić information content (AvgIpc) is 3.09.